The number of anilines is 2. The fourth-order valence-electron chi connectivity index (χ4n) is 4.30. The van der Waals surface area contributed by atoms with E-state index in [1.165, 1.54) is 0 Å². The minimum absolute atomic E-state index is 0.0125. The van der Waals surface area contributed by atoms with Gasteiger partial charge in [-0.2, -0.15) is 9.68 Å². The van der Waals surface area contributed by atoms with E-state index in [1.54, 1.807) is 19.7 Å². The SMILES string of the molecule is C#CC(C)/C=N\N1C=CC(Oc2ccc(Nc3ncnc4ccc([N+]5=CCOCC5)c(OC)c34)cc2C)=CC1. The monoisotopic (exact) mass is 523 g/mol. The van der Waals surface area contributed by atoms with Gasteiger partial charge in [-0.3, -0.25) is 5.01 Å². The van der Waals surface area contributed by atoms with E-state index in [9.17, 15) is 0 Å². The Bertz CT molecular complexity index is 1540. The van der Waals surface area contributed by atoms with Crippen LogP contribution in [0, 0.1) is 25.2 Å². The van der Waals surface area contributed by atoms with Crippen molar-refractivity contribution in [2.75, 3.05) is 38.7 Å². The first-order chi connectivity index (χ1) is 19.1. The van der Waals surface area contributed by atoms with Gasteiger partial charge in [0.2, 0.25) is 11.4 Å². The third-order valence-corrected chi connectivity index (χ3v) is 6.40. The zero-order chi connectivity index (χ0) is 27.2. The lowest BCUT2D eigenvalue weighted by Crippen LogP contribution is -2.23. The minimum atomic E-state index is -0.0125. The van der Waals surface area contributed by atoms with Gasteiger partial charge < -0.3 is 19.5 Å². The second kappa shape index (κ2) is 11.8. The smallest absolute Gasteiger partial charge is 0.248 e. The fourth-order valence-corrected chi connectivity index (χ4v) is 4.30. The number of terminal acetylenes is 1. The van der Waals surface area contributed by atoms with Crippen molar-refractivity contribution in [2.24, 2.45) is 11.0 Å². The third kappa shape index (κ3) is 5.92. The average molecular weight is 524 g/mol. The van der Waals surface area contributed by atoms with Crippen LogP contribution in [-0.2, 0) is 4.74 Å². The lowest BCUT2D eigenvalue weighted by Gasteiger charge is -2.19. The quantitative estimate of drug-likeness (QED) is 0.258. The van der Waals surface area contributed by atoms with Gasteiger partial charge in [-0.1, -0.05) is 5.92 Å². The van der Waals surface area contributed by atoms with E-state index in [0.717, 1.165) is 45.9 Å². The van der Waals surface area contributed by atoms with E-state index in [-0.39, 0.29) is 5.92 Å². The van der Waals surface area contributed by atoms with Crippen molar-refractivity contribution in [3.63, 3.8) is 0 Å². The number of fused-ring (bicyclic) bond motifs is 1. The zero-order valence-electron chi connectivity index (χ0n) is 22.3. The molecule has 0 saturated carbocycles. The number of ether oxygens (including phenoxy) is 3. The largest absolute Gasteiger partial charge is 0.490 e. The molecule has 0 fully saturated rings. The topological polar surface area (TPSA) is 84.1 Å². The number of hydrazone groups is 1. The lowest BCUT2D eigenvalue weighted by atomic mass is 10.1. The van der Waals surface area contributed by atoms with Gasteiger partial charge in [0.25, 0.3) is 0 Å². The molecule has 2 aliphatic rings. The molecule has 39 heavy (non-hydrogen) atoms. The summed E-state index contributed by atoms with van der Waals surface area (Å²) in [7, 11) is 1.67. The standard InChI is InChI=1S/C30H31N6O3/c1-5-21(2)19-33-36-12-10-24(11-13-36)39-27-9-6-23(18-22(27)3)34-30-28-25(31-20-32-30)7-8-26(29(28)37-4)35-14-16-38-17-15-35/h1,6-12,14,18-21H,13,15-17H2,2-4H3,(H,31,32,34)/q+1/b33-19-. The minimum Gasteiger partial charge on any atom is -0.490 e. The van der Waals surface area contributed by atoms with Crippen molar-refractivity contribution in [3.05, 3.63) is 66.3 Å². The maximum atomic E-state index is 6.15. The van der Waals surface area contributed by atoms with Gasteiger partial charge in [-0.05, 0) is 55.8 Å². The summed E-state index contributed by atoms with van der Waals surface area (Å²) in [6, 6.07) is 9.95. The molecular formula is C30H31N6O3+. The van der Waals surface area contributed by atoms with Crippen LogP contribution in [-0.4, -0.2) is 65.4 Å². The van der Waals surface area contributed by atoms with Gasteiger partial charge in [0.1, 0.15) is 36.9 Å². The van der Waals surface area contributed by atoms with Crippen LogP contribution < -0.4 is 14.8 Å². The molecular weight excluding hydrogens is 492 g/mol. The van der Waals surface area contributed by atoms with E-state index >= 15 is 0 Å². The van der Waals surface area contributed by atoms with Crippen molar-refractivity contribution in [2.45, 2.75) is 13.8 Å². The normalized spacial score (nSPS) is 16.0. The summed E-state index contributed by atoms with van der Waals surface area (Å²) in [6.07, 6.45) is 16.5. The van der Waals surface area contributed by atoms with Gasteiger partial charge in [0.05, 0.1) is 30.5 Å². The summed E-state index contributed by atoms with van der Waals surface area (Å²) >= 11 is 0. The van der Waals surface area contributed by atoms with Crippen molar-refractivity contribution < 1.29 is 18.8 Å². The molecule has 0 spiro atoms. The van der Waals surface area contributed by atoms with Gasteiger partial charge >= 0.3 is 0 Å². The van der Waals surface area contributed by atoms with Crippen LogP contribution in [0.1, 0.15) is 12.5 Å². The number of benzene rings is 2. The van der Waals surface area contributed by atoms with Crippen LogP contribution in [0.4, 0.5) is 17.2 Å². The summed E-state index contributed by atoms with van der Waals surface area (Å²) in [5, 5.41) is 10.4. The molecule has 0 bridgehead atoms. The van der Waals surface area contributed by atoms with Crippen molar-refractivity contribution in [3.8, 4) is 23.8 Å². The van der Waals surface area contributed by atoms with Gasteiger partial charge in [0, 0.05) is 24.2 Å². The van der Waals surface area contributed by atoms with E-state index in [1.807, 2.05) is 73.8 Å². The lowest BCUT2D eigenvalue weighted by molar-refractivity contribution is -0.450. The zero-order valence-corrected chi connectivity index (χ0v) is 22.3. The number of allylic oxidation sites excluding steroid dienone is 1. The molecule has 1 atom stereocenters. The summed E-state index contributed by atoms with van der Waals surface area (Å²) in [4.78, 5) is 9.02. The van der Waals surface area contributed by atoms with Gasteiger partial charge in [-0.25, -0.2) is 9.97 Å². The first kappa shape index (κ1) is 25.9. The molecule has 0 amide bonds. The molecule has 0 saturated heterocycles. The number of hydrogen-bond donors (Lipinski definition) is 1. The molecule has 5 rings (SSSR count). The molecule has 1 N–H and O–H groups in total. The Morgan fingerprint density at radius 3 is 2.90 bits per heavy atom. The first-order valence-electron chi connectivity index (χ1n) is 12.8. The maximum Gasteiger partial charge on any atom is 0.248 e. The van der Waals surface area contributed by atoms with Crippen LogP contribution in [0.5, 0.6) is 11.5 Å². The number of hydrogen-bond acceptors (Lipinski definition) is 8. The fraction of sp³-hybridized carbons (Fsp3) is 0.267. The number of nitrogens with one attached hydrogen (secondary N) is 1. The molecule has 198 valence electrons. The number of nitrogens with zero attached hydrogens (tertiary/aromatic N) is 5. The predicted molar refractivity (Wildman–Crippen MR) is 153 cm³/mol. The Morgan fingerprint density at radius 1 is 1.28 bits per heavy atom. The molecule has 0 radical (unpaired) electrons. The van der Waals surface area contributed by atoms with Crippen molar-refractivity contribution in [1.29, 1.82) is 0 Å². The van der Waals surface area contributed by atoms with E-state index in [2.05, 4.69) is 30.9 Å². The second-order valence-corrected chi connectivity index (χ2v) is 9.16. The summed E-state index contributed by atoms with van der Waals surface area (Å²) < 4.78 is 19.6. The molecule has 3 heterocycles. The molecule has 3 aromatic rings. The molecule has 9 nitrogen and oxygen atoms in total. The molecule has 1 unspecified atom stereocenters. The van der Waals surface area contributed by atoms with Gasteiger partial charge in [0.15, 0.2) is 12.8 Å². The highest BCUT2D eigenvalue weighted by Crippen LogP contribution is 2.39. The molecule has 1 aromatic heterocycles. The third-order valence-electron chi connectivity index (χ3n) is 6.40. The van der Waals surface area contributed by atoms with Crippen molar-refractivity contribution in [1.82, 2.24) is 15.0 Å². The first-order valence-corrected chi connectivity index (χ1v) is 12.8. The van der Waals surface area contributed by atoms with Crippen molar-refractivity contribution >= 4 is 40.5 Å². The average Bonchev–Trinajstić information content (AvgIpc) is 2.98. The highest BCUT2D eigenvalue weighted by atomic mass is 16.5. The summed E-state index contributed by atoms with van der Waals surface area (Å²) in [5.41, 5.74) is 3.60. The Hall–Kier alpha value is -4.68. The Balaban J connectivity index is 1.35. The summed E-state index contributed by atoms with van der Waals surface area (Å²) in [5.74, 6) is 5.53. The number of aromatic nitrogens is 2. The number of aryl methyl sites for hydroxylation is 1. The highest BCUT2D eigenvalue weighted by molar-refractivity contribution is 5.98. The predicted octanol–water partition coefficient (Wildman–Crippen LogP) is 4.78. The molecule has 9 heteroatoms. The van der Waals surface area contributed by atoms with E-state index < -0.39 is 0 Å². The number of methoxy groups -OCH3 is 1. The van der Waals surface area contributed by atoms with Gasteiger partial charge in [-0.15, -0.1) is 6.42 Å². The Morgan fingerprint density at radius 2 is 2.18 bits per heavy atom. The van der Waals surface area contributed by atoms with Crippen LogP contribution in [0.2, 0.25) is 0 Å². The highest BCUT2D eigenvalue weighted by Gasteiger charge is 2.23. The maximum absolute atomic E-state index is 6.15. The Labute approximate surface area is 228 Å². The molecule has 2 aliphatic heterocycles. The van der Waals surface area contributed by atoms with Crippen LogP contribution in [0.25, 0.3) is 10.9 Å². The number of rotatable bonds is 8. The molecule has 0 aliphatic carbocycles. The van der Waals surface area contributed by atoms with Crippen LogP contribution in [0.15, 0.2) is 65.9 Å². The van der Waals surface area contributed by atoms with Crippen LogP contribution in [0.3, 0.4) is 0 Å². The van der Waals surface area contributed by atoms with E-state index in [4.69, 9.17) is 20.6 Å². The van der Waals surface area contributed by atoms with E-state index in [0.29, 0.717) is 31.3 Å². The van der Waals surface area contributed by atoms with Crippen LogP contribution >= 0.6 is 0 Å². The molecule has 2 aromatic carbocycles. The Kier molecular flexibility index (Phi) is 7.85. The summed E-state index contributed by atoms with van der Waals surface area (Å²) in [6.45, 7) is 6.51. The second-order valence-electron chi connectivity index (χ2n) is 9.16.